The highest BCUT2D eigenvalue weighted by atomic mass is 16.5. The Balaban J connectivity index is 2.81. The van der Waals surface area contributed by atoms with Gasteiger partial charge in [0.1, 0.15) is 0 Å². The molecular formula is C19H33N3O4. The average molecular weight is 367 g/mol. The second kappa shape index (κ2) is 11.7. The summed E-state index contributed by atoms with van der Waals surface area (Å²) in [5, 5.41) is 0. The summed E-state index contributed by atoms with van der Waals surface area (Å²) in [6, 6.07) is 3.94. The van der Waals surface area contributed by atoms with E-state index in [-0.39, 0.29) is 24.3 Å². The summed E-state index contributed by atoms with van der Waals surface area (Å²) in [5.41, 5.74) is 1.03. The van der Waals surface area contributed by atoms with E-state index in [9.17, 15) is 9.59 Å². The largest absolute Gasteiger partial charge is 0.383 e. The summed E-state index contributed by atoms with van der Waals surface area (Å²) in [7, 11) is 5.15. The highest BCUT2D eigenvalue weighted by Crippen LogP contribution is 2.09. The van der Waals surface area contributed by atoms with Gasteiger partial charge in [0.05, 0.1) is 26.3 Å². The zero-order valence-electron chi connectivity index (χ0n) is 16.7. The van der Waals surface area contributed by atoms with Gasteiger partial charge in [-0.1, -0.05) is 13.8 Å². The molecule has 0 N–H and O–H groups in total. The maximum Gasteiger partial charge on any atom is 0.242 e. The Labute approximate surface area is 156 Å². The fraction of sp³-hybridized carbons (Fsp3) is 0.684. The fourth-order valence-corrected chi connectivity index (χ4v) is 2.58. The lowest BCUT2D eigenvalue weighted by Gasteiger charge is -2.28. The molecule has 0 saturated carbocycles. The molecule has 0 atom stereocenters. The van der Waals surface area contributed by atoms with Gasteiger partial charge in [-0.2, -0.15) is 0 Å². The van der Waals surface area contributed by atoms with Crippen LogP contribution in [0.15, 0.2) is 18.3 Å². The summed E-state index contributed by atoms with van der Waals surface area (Å²) >= 11 is 0. The molecule has 0 unspecified atom stereocenters. The zero-order valence-corrected chi connectivity index (χ0v) is 16.7. The number of aryl methyl sites for hydroxylation is 1. The number of amides is 2. The second-order valence-electron chi connectivity index (χ2n) is 6.82. The number of hydrogen-bond donors (Lipinski definition) is 0. The SMILES string of the molecule is COCCN(CC(=O)N(CCOC)Cc1cccn1C)C(=O)CC(C)C. The first-order valence-electron chi connectivity index (χ1n) is 9.02. The second-order valence-corrected chi connectivity index (χ2v) is 6.82. The quantitative estimate of drug-likeness (QED) is 0.562. The van der Waals surface area contributed by atoms with Crippen molar-refractivity contribution in [3.8, 4) is 0 Å². The Morgan fingerprint density at radius 3 is 2.19 bits per heavy atom. The molecule has 0 radical (unpaired) electrons. The molecule has 0 aliphatic carbocycles. The molecule has 7 nitrogen and oxygen atoms in total. The van der Waals surface area contributed by atoms with Crippen molar-refractivity contribution in [2.45, 2.75) is 26.8 Å². The third-order valence-corrected chi connectivity index (χ3v) is 4.15. The number of rotatable bonds is 12. The molecule has 26 heavy (non-hydrogen) atoms. The van der Waals surface area contributed by atoms with Crippen LogP contribution in [0.1, 0.15) is 26.0 Å². The van der Waals surface area contributed by atoms with Crippen molar-refractivity contribution < 1.29 is 19.1 Å². The molecule has 0 aromatic carbocycles. The zero-order chi connectivity index (χ0) is 19.5. The van der Waals surface area contributed by atoms with Crippen LogP contribution in [-0.2, 0) is 32.7 Å². The van der Waals surface area contributed by atoms with Crippen molar-refractivity contribution in [3.63, 3.8) is 0 Å². The van der Waals surface area contributed by atoms with E-state index in [2.05, 4.69) is 0 Å². The molecule has 0 aliphatic rings. The van der Waals surface area contributed by atoms with E-state index in [1.807, 2.05) is 43.8 Å². The molecule has 1 aromatic rings. The van der Waals surface area contributed by atoms with Crippen LogP contribution in [0.5, 0.6) is 0 Å². The van der Waals surface area contributed by atoms with Gasteiger partial charge in [-0.3, -0.25) is 9.59 Å². The van der Waals surface area contributed by atoms with Crippen molar-refractivity contribution in [2.24, 2.45) is 13.0 Å². The molecule has 148 valence electrons. The van der Waals surface area contributed by atoms with E-state index in [0.29, 0.717) is 39.3 Å². The van der Waals surface area contributed by atoms with Gasteiger partial charge < -0.3 is 23.8 Å². The summed E-state index contributed by atoms with van der Waals surface area (Å²) in [6.45, 7) is 6.29. The molecule has 1 heterocycles. The predicted octanol–water partition coefficient (Wildman–Crippen LogP) is 1.52. The van der Waals surface area contributed by atoms with Gasteiger partial charge in [-0.25, -0.2) is 0 Å². The lowest BCUT2D eigenvalue weighted by Crippen LogP contribution is -2.45. The standard InChI is InChI=1S/C19H33N3O4/c1-16(2)13-18(23)22(10-12-26-5)15-19(24)21(9-11-25-4)14-17-7-6-8-20(17)3/h6-8,16H,9-15H2,1-5H3. The van der Waals surface area contributed by atoms with Gasteiger partial charge in [0.25, 0.3) is 0 Å². The number of nitrogens with zero attached hydrogens (tertiary/aromatic N) is 3. The van der Waals surface area contributed by atoms with Crippen LogP contribution in [0.2, 0.25) is 0 Å². The lowest BCUT2D eigenvalue weighted by atomic mass is 10.1. The monoisotopic (exact) mass is 367 g/mol. The summed E-state index contributed by atoms with van der Waals surface area (Å²) < 4.78 is 12.2. The van der Waals surface area contributed by atoms with Crippen LogP contribution < -0.4 is 0 Å². The lowest BCUT2D eigenvalue weighted by molar-refractivity contribution is -0.142. The van der Waals surface area contributed by atoms with Crippen LogP contribution in [0.25, 0.3) is 0 Å². The maximum atomic E-state index is 12.9. The number of carbonyl (C=O) groups is 2. The Hall–Kier alpha value is -1.86. The van der Waals surface area contributed by atoms with E-state index in [0.717, 1.165) is 5.69 Å². The first kappa shape index (κ1) is 22.2. The normalized spacial score (nSPS) is 11.0. The highest BCUT2D eigenvalue weighted by molar-refractivity contribution is 5.85. The molecular weight excluding hydrogens is 334 g/mol. The molecule has 1 rings (SSSR count). The topological polar surface area (TPSA) is 64.0 Å². The Bertz CT molecular complexity index is 557. The van der Waals surface area contributed by atoms with Gasteiger partial charge >= 0.3 is 0 Å². The van der Waals surface area contributed by atoms with E-state index in [4.69, 9.17) is 9.47 Å². The summed E-state index contributed by atoms with van der Waals surface area (Å²) in [4.78, 5) is 28.7. The summed E-state index contributed by atoms with van der Waals surface area (Å²) in [5.74, 6) is 0.142. The number of methoxy groups -OCH3 is 2. The smallest absolute Gasteiger partial charge is 0.242 e. The van der Waals surface area contributed by atoms with E-state index < -0.39 is 0 Å². The van der Waals surface area contributed by atoms with E-state index >= 15 is 0 Å². The predicted molar refractivity (Wildman–Crippen MR) is 101 cm³/mol. The number of aromatic nitrogens is 1. The highest BCUT2D eigenvalue weighted by Gasteiger charge is 2.22. The Kier molecular flexibility index (Phi) is 9.98. The third-order valence-electron chi connectivity index (χ3n) is 4.15. The van der Waals surface area contributed by atoms with E-state index in [1.165, 1.54) is 0 Å². The molecule has 0 bridgehead atoms. The molecule has 2 amide bonds. The van der Waals surface area contributed by atoms with Crippen molar-refractivity contribution in [2.75, 3.05) is 47.1 Å². The minimum Gasteiger partial charge on any atom is -0.383 e. The minimum absolute atomic E-state index is 0.0176. The van der Waals surface area contributed by atoms with Crippen molar-refractivity contribution in [3.05, 3.63) is 24.0 Å². The molecule has 1 aromatic heterocycles. The van der Waals surface area contributed by atoms with Crippen LogP contribution >= 0.6 is 0 Å². The van der Waals surface area contributed by atoms with E-state index in [1.54, 1.807) is 24.0 Å². The third kappa shape index (κ3) is 7.58. The Morgan fingerprint density at radius 2 is 1.69 bits per heavy atom. The van der Waals surface area contributed by atoms with Gasteiger partial charge in [-0.05, 0) is 18.1 Å². The van der Waals surface area contributed by atoms with Crippen LogP contribution in [0.3, 0.4) is 0 Å². The molecule has 0 fully saturated rings. The average Bonchev–Trinajstić information content (AvgIpc) is 2.99. The van der Waals surface area contributed by atoms with Crippen LogP contribution in [0.4, 0.5) is 0 Å². The number of hydrogen-bond acceptors (Lipinski definition) is 4. The molecule has 0 aliphatic heterocycles. The van der Waals surface area contributed by atoms with Crippen LogP contribution in [-0.4, -0.2) is 73.2 Å². The number of ether oxygens (including phenoxy) is 2. The van der Waals surface area contributed by atoms with Crippen LogP contribution in [0, 0.1) is 5.92 Å². The first-order valence-corrected chi connectivity index (χ1v) is 9.02. The number of carbonyl (C=O) groups excluding carboxylic acids is 2. The molecule has 0 saturated heterocycles. The van der Waals surface area contributed by atoms with Gasteiger partial charge in [0, 0.05) is 52.7 Å². The minimum atomic E-state index is -0.0866. The fourth-order valence-electron chi connectivity index (χ4n) is 2.58. The van der Waals surface area contributed by atoms with Gasteiger partial charge in [0.15, 0.2) is 0 Å². The van der Waals surface area contributed by atoms with Crippen molar-refractivity contribution in [1.29, 1.82) is 0 Å². The first-order chi connectivity index (χ1) is 12.4. The van der Waals surface area contributed by atoms with Crippen molar-refractivity contribution in [1.82, 2.24) is 14.4 Å². The van der Waals surface area contributed by atoms with Gasteiger partial charge in [-0.15, -0.1) is 0 Å². The summed E-state index contributed by atoms with van der Waals surface area (Å²) in [6.07, 6.45) is 2.37. The molecule has 7 heteroatoms. The van der Waals surface area contributed by atoms with Gasteiger partial charge in [0.2, 0.25) is 11.8 Å². The maximum absolute atomic E-state index is 12.9. The Morgan fingerprint density at radius 1 is 1.08 bits per heavy atom. The van der Waals surface area contributed by atoms with Crippen molar-refractivity contribution >= 4 is 11.8 Å². The molecule has 0 spiro atoms.